The van der Waals surface area contributed by atoms with Gasteiger partial charge in [0.1, 0.15) is 6.07 Å². The van der Waals surface area contributed by atoms with Crippen LogP contribution in [-0.2, 0) is 12.8 Å². The Hall–Kier alpha value is -6.87. The van der Waals surface area contributed by atoms with E-state index in [0.29, 0.717) is 16.7 Å². The predicted octanol–water partition coefficient (Wildman–Crippen LogP) is 10.4. The topological polar surface area (TPSA) is 81.2 Å². The molecule has 2 aromatic heterocycles. The van der Waals surface area contributed by atoms with Crippen molar-refractivity contribution < 1.29 is 0 Å². The molecular weight excluding hydrogens is 611 g/mol. The zero-order valence-corrected chi connectivity index (χ0v) is 27.2. The van der Waals surface area contributed by atoms with E-state index in [1.54, 1.807) is 0 Å². The van der Waals surface area contributed by atoms with Gasteiger partial charge >= 0.3 is 0 Å². The average Bonchev–Trinajstić information content (AvgIpc) is 3.70. The van der Waals surface area contributed by atoms with Crippen molar-refractivity contribution in [3.8, 4) is 51.8 Å². The van der Waals surface area contributed by atoms with E-state index in [4.69, 9.17) is 0 Å². The lowest BCUT2D eigenvalue weighted by Gasteiger charge is -2.18. The maximum atomic E-state index is 10.3. The van der Waals surface area contributed by atoms with Crippen LogP contribution in [0.2, 0.25) is 0 Å². The van der Waals surface area contributed by atoms with Crippen molar-refractivity contribution in [2.75, 3.05) is 0 Å². The van der Waals surface area contributed by atoms with Gasteiger partial charge in [0.2, 0.25) is 0 Å². The SMILES string of the molecule is N#Cc1ccc2c(c1)c1c(n2-c2cccc(C#N)c2-c2ccc(-c3ccc(-n4c5c(c6cccc(C#N)c64)C=CCC5)cc3)cc2)C=CCC1. The van der Waals surface area contributed by atoms with Crippen molar-refractivity contribution in [3.05, 3.63) is 154 Å². The average molecular weight is 640 g/mol. The first kappa shape index (κ1) is 29.3. The molecule has 0 N–H and O–H groups in total. The number of nitriles is 3. The molecule has 0 unspecified atom stereocenters. The molecule has 0 radical (unpaired) electrons. The molecule has 2 aliphatic rings. The molecule has 0 bridgehead atoms. The quantitative estimate of drug-likeness (QED) is 0.192. The van der Waals surface area contributed by atoms with Crippen molar-refractivity contribution in [3.63, 3.8) is 0 Å². The number of hydrogen-bond acceptors (Lipinski definition) is 3. The molecule has 0 spiro atoms. The minimum atomic E-state index is 0.609. The Balaban J connectivity index is 1.12. The lowest BCUT2D eigenvalue weighted by molar-refractivity contribution is 0.888. The maximum Gasteiger partial charge on any atom is 0.101 e. The van der Waals surface area contributed by atoms with Crippen LogP contribution in [0.1, 0.15) is 52.0 Å². The van der Waals surface area contributed by atoms with Crippen LogP contribution in [0.3, 0.4) is 0 Å². The van der Waals surface area contributed by atoms with Gasteiger partial charge in [-0.3, -0.25) is 0 Å². The summed E-state index contributed by atoms with van der Waals surface area (Å²) in [6, 6.07) is 42.0. The standard InChI is InChI=1S/C45H29N5/c46-26-29-15-24-42-39(25-29)37-10-2-4-13-41(37)50(42)43-14-6-7-33(27-47)44(43)32-18-16-30(17-19-32)31-20-22-35(23-21-31)49-40-12-3-1-9-36(40)38-11-5-8-34(28-48)45(38)49/h1,4-9,11,13-25H,2-3,10,12H2. The molecule has 0 saturated heterocycles. The van der Waals surface area contributed by atoms with E-state index in [-0.39, 0.29) is 0 Å². The van der Waals surface area contributed by atoms with E-state index < -0.39 is 0 Å². The van der Waals surface area contributed by atoms with Crippen molar-refractivity contribution >= 4 is 34.0 Å². The van der Waals surface area contributed by atoms with Gasteiger partial charge < -0.3 is 9.13 Å². The second-order valence-corrected chi connectivity index (χ2v) is 12.9. The van der Waals surface area contributed by atoms with Gasteiger partial charge in [0.25, 0.3) is 0 Å². The van der Waals surface area contributed by atoms with Gasteiger partial charge in [0.15, 0.2) is 0 Å². The highest BCUT2D eigenvalue weighted by Gasteiger charge is 2.23. The molecule has 0 saturated carbocycles. The molecule has 0 fully saturated rings. The summed E-state index contributed by atoms with van der Waals surface area (Å²) in [5, 5.41) is 32.1. The number of para-hydroxylation sites is 1. The van der Waals surface area contributed by atoms with Crippen LogP contribution >= 0.6 is 0 Å². The molecule has 5 heteroatoms. The van der Waals surface area contributed by atoms with Crippen molar-refractivity contribution in [1.82, 2.24) is 9.13 Å². The summed E-state index contributed by atoms with van der Waals surface area (Å²) < 4.78 is 4.52. The first-order valence-corrected chi connectivity index (χ1v) is 16.9. The fourth-order valence-electron chi connectivity index (χ4n) is 7.96. The molecule has 50 heavy (non-hydrogen) atoms. The number of hydrogen-bond donors (Lipinski definition) is 0. The molecule has 2 heterocycles. The summed E-state index contributed by atoms with van der Waals surface area (Å²) in [5.74, 6) is 0. The number of nitrogens with zero attached hydrogens (tertiary/aromatic N) is 5. The molecule has 234 valence electrons. The van der Waals surface area contributed by atoms with Crippen LogP contribution in [0, 0.1) is 34.0 Å². The number of rotatable bonds is 4. The first-order chi connectivity index (χ1) is 24.7. The van der Waals surface area contributed by atoms with Crippen LogP contribution in [0.15, 0.2) is 115 Å². The van der Waals surface area contributed by atoms with E-state index >= 15 is 0 Å². The van der Waals surface area contributed by atoms with Crippen molar-refractivity contribution in [2.24, 2.45) is 0 Å². The number of aryl methyl sites for hydroxylation is 1. The Morgan fingerprint density at radius 3 is 2.06 bits per heavy atom. The van der Waals surface area contributed by atoms with Gasteiger partial charge in [-0.2, -0.15) is 15.8 Å². The summed E-state index contributed by atoms with van der Waals surface area (Å²) in [5.41, 5.74) is 14.7. The van der Waals surface area contributed by atoms with Gasteiger partial charge in [-0.05, 0) is 103 Å². The highest BCUT2D eigenvalue weighted by atomic mass is 15.0. The highest BCUT2D eigenvalue weighted by molar-refractivity contribution is 5.97. The van der Waals surface area contributed by atoms with E-state index in [2.05, 4.69) is 112 Å². The van der Waals surface area contributed by atoms with Crippen LogP contribution in [-0.4, -0.2) is 9.13 Å². The second kappa shape index (κ2) is 11.7. The second-order valence-electron chi connectivity index (χ2n) is 12.9. The molecule has 0 amide bonds. The lowest BCUT2D eigenvalue weighted by Crippen LogP contribution is -2.03. The fraction of sp³-hybridized carbons (Fsp3) is 0.0889. The van der Waals surface area contributed by atoms with Crippen LogP contribution < -0.4 is 0 Å². The van der Waals surface area contributed by atoms with Crippen molar-refractivity contribution in [2.45, 2.75) is 25.7 Å². The largest absolute Gasteiger partial charge is 0.312 e. The summed E-state index contributed by atoms with van der Waals surface area (Å²) in [7, 11) is 0. The summed E-state index contributed by atoms with van der Waals surface area (Å²) in [6.45, 7) is 0. The Kier molecular flexibility index (Phi) is 6.84. The minimum Gasteiger partial charge on any atom is -0.312 e. The molecule has 5 nitrogen and oxygen atoms in total. The van der Waals surface area contributed by atoms with E-state index in [0.717, 1.165) is 86.8 Å². The third-order valence-corrected chi connectivity index (χ3v) is 10.2. The summed E-state index contributed by atoms with van der Waals surface area (Å²) in [4.78, 5) is 0. The number of fused-ring (bicyclic) bond motifs is 6. The number of allylic oxidation sites excluding steroid dienone is 2. The van der Waals surface area contributed by atoms with E-state index in [1.165, 1.54) is 16.8 Å². The highest BCUT2D eigenvalue weighted by Crippen LogP contribution is 2.40. The van der Waals surface area contributed by atoms with E-state index in [1.807, 2.05) is 42.5 Å². The Morgan fingerprint density at radius 1 is 0.580 bits per heavy atom. The molecule has 7 aromatic rings. The van der Waals surface area contributed by atoms with Gasteiger partial charge in [-0.15, -0.1) is 0 Å². The number of benzene rings is 5. The predicted molar refractivity (Wildman–Crippen MR) is 200 cm³/mol. The minimum absolute atomic E-state index is 0.609. The molecule has 0 aliphatic heterocycles. The molecule has 0 atom stereocenters. The lowest BCUT2D eigenvalue weighted by atomic mass is 9.95. The van der Waals surface area contributed by atoms with Crippen LogP contribution in [0.4, 0.5) is 0 Å². The molecule has 5 aromatic carbocycles. The van der Waals surface area contributed by atoms with Gasteiger partial charge in [-0.1, -0.05) is 72.8 Å². The third kappa shape index (κ3) is 4.44. The molecular formula is C45H29N5. The maximum absolute atomic E-state index is 10.3. The summed E-state index contributed by atoms with van der Waals surface area (Å²) in [6.07, 6.45) is 12.6. The zero-order valence-electron chi connectivity index (χ0n) is 27.2. The van der Waals surface area contributed by atoms with Gasteiger partial charge in [0, 0.05) is 39.0 Å². The van der Waals surface area contributed by atoms with Gasteiger partial charge in [-0.25, -0.2) is 0 Å². The van der Waals surface area contributed by atoms with Crippen LogP contribution in [0.25, 0.3) is 67.6 Å². The molecule has 9 rings (SSSR count). The van der Waals surface area contributed by atoms with Gasteiger partial charge in [0.05, 0.1) is 45.5 Å². The smallest absolute Gasteiger partial charge is 0.101 e. The first-order valence-electron chi connectivity index (χ1n) is 16.9. The number of aromatic nitrogens is 2. The van der Waals surface area contributed by atoms with E-state index in [9.17, 15) is 15.8 Å². The molecule has 2 aliphatic carbocycles. The fourth-order valence-corrected chi connectivity index (χ4v) is 7.96. The zero-order chi connectivity index (χ0) is 33.8. The Bertz CT molecular complexity index is 2710. The Morgan fingerprint density at radius 2 is 1.28 bits per heavy atom. The van der Waals surface area contributed by atoms with Crippen molar-refractivity contribution in [1.29, 1.82) is 15.8 Å². The van der Waals surface area contributed by atoms with Crippen LogP contribution in [0.5, 0.6) is 0 Å². The summed E-state index contributed by atoms with van der Waals surface area (Å²) >= 11 is 0. The third-order valence-electron chi connectivity index (χ3n) is 10.2. The Labute approximate surface area is 290 Å². The monoisotopic (exact) mass is 639 g/mol. The normalized spacial score (nSPS) is 13.1.